The van der Waals surface area contributed by atoms with E-state index in [1.165, 1.54) is 4.90 Å². The molecule has 43 heavy (non-hydrogen) atoms. The van der Waals surface area contributed by atoms with Gasteiger partial charge in [0.2, 0.25) is 11.8 Å². The molecule has 4 N–H and O–H groups in total. The van der Waals surface area contributed by atoms with E-state index in [2.05, 4.69) is 24.1 Å². The summed E-state index contributed by atoms with van der Waals surface area (Å²) in [5.41, 5.74) is 7.11. The molecule has 0 aliphatic heterocycles. The minimum Gasteiger partial charge on any atom is -0.444 e. The number of alkyl carbamates (subject to hydrolysis) is 1. The van der Waals surface area contributed by atoms with E-state index in [-0.39, 0.29) is 19.4 Å². The van der Waals surface area contributed by atoms with Crippen LogP contribution < -0.4 is 16.4 Å². The summed E-state index contributed by atoms with van der Waals surface area (Å²) in [6.07, 6.45) is 3.99. The Balaban J connectivity index is 2.63. The van der Waals surface area contributed by atoms with E-state index in [0.717, 1.165) is 30.4 Å². The van der Waals surface area contributed by atoms with E-state index in [9.17, 15) is 19.2 Å². The first-order valence-electron chi connectivity index (χ1n) is 14.6. The number of aryl methyl sites for hydroxylation is 1. The van der Waals surface area contributed by atoms with Gasteiger partial charge in [0.25, 0.3) is 5.91 Å². The number of unbranched alkanes of at least 4 members (excludes halogenated alkanes) is 3. The molecule has 0 saturated heterocycles. The quantitative estimate of drug-likeness (QED) is 0.197. The molecule has 2 unspecified atom stereocenters. The van der Waals surface area contributed by atoms with Crippen LogP contribution in [-0.2, 0) is 19.1 Å². The third-order valence-electron chi connectivity index (χ3n) is 6.70. The van der Waals surface area contributed by atoms with E-state index in [1.807, 2.05) is 19.1 Å². The first-order valence-corrected chi connectivity index (χ1v) is 15.0. The van der Waals surface area contributed by atoms with Crippen molar-refractivity contribution in [1.82, 2.24) is 10.2 Å². The van der Waals surface area contributed by atoms with Crippen LogP contribution in [0, 0.1) is 6.92 Å². The summed E-state index contributed by atoms with van der Waals surface area (Å²) >= 11 is 6.45. The lowest BCUT2D eigenvalue weighted by molar-refractivity contribution is -0.141. The number of anilines is 1. The molecule has 0 spiro atoms. The lowest BCUT2D eigenvalue weighted by Crippen LogP contribution is -2.53. The number of amides is 4. The maximum Gasteiger partial charge on any atom is 0.408 e. The average Bonchev–Trinajstić information content (AvgIpc) is 2.93. The Bertz CT molecular complexity index is 1270. The van der Waals surface area contributed by atoms with Crippen molar-refractivity contribution in [3.8, 4) is 0 Å². The van der Waals surface area contributed by atoms with Crippen LogP contribution in [0.2, 0.25) is 5.02 Å². The molecule has 2 rings (SSSR count). The van der Waals surface area contributed by atoms with E-state index in [1.54, 1.807) is 57.2 Å². The van der Waals surface area contributed by atoms with Gasteiger partial charge in [0.15, 0.2) is 0 Å². The monoisotopic (exact) mass is 612 g/mol. The van der Waals surface area contributed by atoms with Gasteiger partial charge < -0.3 is 26.0 Å². The molecule has 9 nitrogen and oxygen atoms in total. The van der Waals surface area contributed by atoms with Crippen molar-refractivity contribution >= 4 is 47.2 Å². The summed E-state index contributed by atoms with van der Waals surface area (Å²) in [6, 6.07) is 10.2. The number of ether oxygens (including phenoxy) is 1. The zero-order valence-electron chi connectivity index (χ0n) is 25.9. The topological polar surface area (TPSA) is 131 Å². The van der Waals surface area contributed by atoms with Gasteiger partial charge in [0.1, 0.15) is 17.7 Å². The van der Waals surface area contributed by atoms with Gasteiger partial charge >= 0.3 is 6.09 Å². The normalized spacial score (nSPS) is 12.5. The number of nitrogens with one attached hydrogen (secondary N) is 2. The number of nitrogens with two attached hydrogens (primary N) is 1. The van der Waals surface area contributed by atoms with Crippen molar-refractivity contribution in [3.63, 3.8) is 0 Å². The highest BCUT2D eigenvalue weighted by Gasteiger charge is 2.36. The number of hydrogen-bond acceptors (Lipinski definition) is 5. The molecule has 2 aromatic rings. The SMILES string of the molecule is C=Cc1cccc(C(C(=O)Nc2c(C)cccc2Cl)N(CCCCCC)C(=O)C(CCC(N)=O)NC(=O)OC(C)(C)C)c1. The Morgan fingerprint density at radius 1 is 1.09 bits per heavy atom. The number of carbonyl (C=O) groups is 4. The van der Waals surface area contributed by atoms with Crippen molar-refractivity contribution in [2.24, 2.45) is 5.73 Å². The largest absolute Gasteiger partial charge is 0.444 e. The number of halogens is 1. The molecule has 10 heteroatoms. The highest BCUT2D eigenvalue weighted by Crippen LogP contribution is 2.30. The molecule has 0 radical (unpaired) electrons. The Kier molecular flexibility index (Phi) is 13.7. The van der Waals surface area contributed by atoms with Crippen LogP contribution >= 0.6 is 11.6 Å². The predicted molar refractivity (Wildman–Crippen MR) is 172 cm³/mol. The summed E-state index contributed by atoms with van der Waals surface area (Å²) in [6.45, 7) is 13.1. The maximum absolute atomic E-state index is 14.4. The Morgan fingerprint density at radius 2 is 1.79 bits per heavy atom. The van der Waals surface area contributed by atoms with Crippen LogP contribution in [0.25, 0.3) is 6.08 Å². The Morgan fingerprint density at radius 3 is 2.40 bits per heavy atom. The molecule has 0 bridgehead atoms. The zero-order chi connectivity index (χ0) is 32.2. The van der Waals surface area contributed by atoms with E-state index >= 15 is 0 Å². The van der Waals surface area contributed by atoms with Crippen molar-refractivity contribution < 1.29 is 23.9 Å². The molecular formula is C33H45ClN4O5. The second-order valence-electron chi connectivity index (χ2n) is 11.5. The number of carbonyl (C=O) groups excluding carboxylic acids is 4. The molecule has 0 heterocycles. The van der Waals surface area contributed by atoms with Gasteiger partial charge in [0, 0.05) is 13.0 Å². The van der Waals surface area contributed by atoms with Crippen LogP contribution in [0.5, 0.6) is 0 Å². The molecule has 234 valence electrons. The van der Waals surface area contributed by atoms with E-state index in [0.29, 0.717) is 22.7 Å². The molecular weight excluding hydrogens is 568 g/mol. The zero-order valence-corrected chi connectivity index (χ0v) is 26.6. The third-order valence-corrected chi connectivity index (χ3v) is 7.01. The Labute approximate surface area is 260 Å². The van der Waals surface area contributed by atoms with E-state index in [4.69, 9.17) is 22.1 Å². The molecule has 0 aliphatic rings. The van der Waals surface area contributed by atoms with Gasteiger partial charge in [-0.05, 0) is 69.4 Å². The van der Waals surface area contributed by atoms with Gasteiger partial charge in [-0.15, -0.1) is 0 Å². The van der Waals surface area contributed by atoms with Gasteiger partial charge in [0.05, 0.1) is 10.7 Å². The summed E-state index contributed by atoms with van der Waals surface area (Å²) in [4.78, 5) is 54.5. The highest BCUT2D eigenvalue weighted by molar-refractivity contribution is 6.34. The lowest BCUT2D eigenvalue weighted by Gasteiger charge is -2.35. The number of rotatable bonds is 15. The highest BCUT2D eigenvalue weighted by atomic mass is 35.5. The molecule has 4 amide bonds. The number of para-hydroxylation sites is 1. The maximum atomic E-state index is 14.4. The number of hydrogen-bond donors (Lipinski definition) is 3. The summed E-state index contributed by atoms with van der Waals surface area (Å²) in [7, 11) is 0. The second-order valence-corrected chi connectivity index (χ2v) is 11.9. The van der Waals surface area contributed by atoms with Gasteiger partial charge in [-0.2, -0.15) is 0 Å². The first kappa shape index (κ1) is 35.3. The lowest BCUT2D eigenvalue weighted by atomic mass is 9.98. The molecule has 2 atom stereocenters. The van der Waals surface area contributed by atoms with Crippen molar-refractivity contribution in [2.45, 2.75) is 90.8 Å². The fourth-order valence-corrected chi connectivity index (χ4v) is 4.85. The summed E-state index contributed by atoms with van der Waals surface area (Å²) in [5.74, 6) is -1.64. The fourth-order valence-electron chi connectivity index (χ4n) is 4.58. The summed E-state index contributed by atoms with van der Waals surface area (Å²) < 4.78 is 5.40. The van der Waals surface area contributed by atoms with Crippen LogP contribution in [-0.4, -0.2) is 46.9 Å². The number of benzene rings is 2. The summed E-state index contributed by atoms with van der Waals surface area (Å²) in [5, 5.41) is 5.91. The molecule has 2 aromatic carbocycles. The molecule has 0 aromatic heterocycles. The third kappa shape index (κ3) is 11.4. The first-order chi connectivity index (χ1) is 20.3. The number of primary amides is 1. The van der Waals surface area contributed by atoms with Crippen molar-refractivity contribution in [2.75, 3.05) is 11.9 Å². The van der Waals surface area contributed by atoms with Crippen LogP contribution in [0.1, 0.15) is 89.0 Å². The average molecular weight is 613 g/mol. The number of nitrogens with zero attached hydrogens (tertiary/aromatic N) is 1. The minimum absolute atomic E-state index is 0.0659. The molecule has 0 saturated carbocycles. The van der Waals surface area contributed by atoms with Crippen LogP contribution in [0.15, 0.2) is 49.0 Å². The fraction of sp³-hybridized carbons (Fsp3) is 0.455. The second kappa shape index (κ2) is 16.7. The van der Waals surface area contributed by atoms with Crippen LogP contribution in [0.4, 0.5) is 10.5 Å². The van der Waals surface area contributed by atoms with Crippen LogP contribution in [0.3, 0.4) is 0 Å². The van der Waals surface area contributed by atoms with Gasteiger partial charge in [-0.3, -0.25) is 14.4 Å². The van der Waals surface area contributed by atoms with E-state index < -0.39 is 41.5 Å². The van der Waals surface area contributed by atoms with Crippen molar-refractivity contribution in [1.29, 1.82) is 0 Å². The Hall–Kier alpha value is -3.85. The van der Waals surface area contributed by atoms with Gasteiger partial charge in [-0.25, -0.2) is 4.79 Å². The van der Waals surface area contributed by atoms with Gasteiger partial charge in [-0.1, -0.05) is 80.8 Å². The standard InChI is InChI=1S/C33H45ClN4O5/c1-7-9-10-11-20-38(31(41)26(18-19-27(35)39)36-32(42)43-33(4,5)6)29(24-16-13-15-23(8-2)21-24)30(40)37-28-22(3)14-12-17-25(28)34/h8,12-17,21,26,29H,2,7,9-11,18-20H2,1,3-6H3,(H2,35,39)(H,36,42)(H,37,40). The van der Waals surface area contributed by atoms with Crippen molar-refractivity contribution in [3.05, 3.63) is 70.8 Å². The predicted octanol–water partition coefficient (Wildman–Crippen LogP) is 6.54. The molecule has 0 aliphatic carbocycles. The molecule has 0 fully saturated rings. The minimum atomic E-state index is -1.17. The smallest absolute Gasteiger partial charge is 0.408 e.